The highest BCUT2D eigenvalue weighted by Crippen LogP contribution is 2.38. The molecule has 0 amide bonds. The second-order valence-electron chi connectivity index (χ2n) is 15.0. The van der Waals surface area contributed by atoms with Crippen LogP contribution in [0.15, 0.2) is 36.7 Å². The number of anilines is 1. The zero-order valence-corrected chi connectivity index (χ0v) is 35.9. The van der Waals surface area contributed by atoms with Crippen LogP contribution in [0, 0.1) is 17.1 Å². The third-order valence-electron chi connectivity index (χ3n) is 10.5. The lowest BCUT2D eigenvalue weighted by Gasteiger charge is -2.21. The van der Waals surface area contributed by atoms with Crippen molar-refractivity contribution >= 4 is 19.9 Å². The van der Waals surface area contributed by atoms with Crippen LogP contribution in [-0.2, 0) is 24.9 Å². The van der Waals surface area contributed by atoms with Gasteiger partial charge in [-0.15, -0.1) is 0 Å². The van der Waals surface area contributed by atoms with Gasteiger partial charge in [-0.25, -0.2) is 13.9 Å². The molecule has 57 heavy (non-hydrogen) atoms. The van der Waals surface area contributed by atoms with Crippen LogP contribution in [0.3, 0.4) is 0 Å². The van der Waals surface area contributed by atoms with Crippen molar-refractivity contribution in [3.8, 4) is 6.07 Å². The minimum Gasteiger partial charge on any atom is -0.390 e. The fraction of sp³-hybridized carbons (Fsp3) is 0.705. The summed E-state index contributed by atoms with van der Waals surface area (Å²) in [5, 5.41) is 24.2. The molecule has 4 rings (SSSR count). The lowest BCUT2D eigenvalue weighted by atomic mass is 10.0. The first kappa shape index (κ1) is 48.6. The van der Waals surface area contributed by atoms with Crippen molar-refractivity contribution in [1.29, 1.82) is 5.26 Å². The predicted molar refractivity (Wildman–Crippen MR) is 226 cm³/mol. The molecule has 1 fully saturated rings. The van der Waals surface area contributed by atoms with E-state index >= 15 is 0 Å². The van der Waals surface area contributed by atoms with Gasteiger partial charge in [-0.3, -0.25) is 0 Å². The summed E-state index contributed by atoms with van der Waals surface area (Å²) in [7, 11) is -2.25. The van der Waals surface area contributed by atoms with Crippen LogP contribution in [0.2, 0.25) is 0 Å². The molecule has 11 nitrogen and oxygen atoms in total. The molecule has 13 heteroatoms. The molecule has 1 aliphatic rings. The summed E-state index contributed by atoms with van der Waals surface area (Å²) in [6.07, 6.45) is 24.3. The Morgan fingerprint density at radius 3 is 2.16 bits per heavy atom. The fourth-order valence-electron chi connectivity index (χ4n) is 7.30. The molecule has 3 aromatic rings. The molecule has 1 aliphatic heterocycles. The van der Waals surface area contributed by atoms with Crippen LogP contribution in [-0.4, -0.2) is 62.7 Å². The molecule has 320 valence electrons. The molecular weight excluding hydrogens is 744 g/mol. The first-order valence-electron chi connectivity index (χ1n) is 21.9. The van der Waals surface area contributed by atoms with E-state index in [1.54, 1.807) is 10.6 Å². The Labute approximate surface area is 342 Å². The Bertz CT molecular complexity index is 1540. The van der Waals surface area contributed by atoms with Crippen molar-refractivity contribution in [3.05, 3.63) is 59.3 Å². The smallest absolute Gasteiger partial charge is 0.330 e. The quantitative estimate of drug-likeness (QED) is 0.0437. The Hall–Kier alpha value is -2.75. The van der Waals surface area contributed by atoms with Crippen molar-refractivity contribution in [2.45, 2.75) is 180 Å². The monoisotopic (exact) mass is 816 g/mol. The summed E-state index contributed by atoms with van der Waals surface area (Å²) >= 11 is 0. The summed E-state index contributed by atoms with van der Waals surface area (Å²) in [6, 6.07) is 9.95. The number of rotatable bonds is 30. The van der Waals surface area contributed by atoms with E-state index in [-0.39, 0.29) is 24.9 Å². The van der Waals surface area contributed by atoms with Crippen molar-refractivity contribution in [3.63, 3.8) is 0 Å². The maximum absolute atomic E-state index is 14.0. The number of unbranched alkanes of at least 4 members (excludes halogenated alkanes) is 17. The molecular formula is C44H71FN5O6P. The number of nitrogens with two attached hydrogens (primary N) is 1. The second kappa shape index (κ2) is 29.5. The molecule has 4 N–H and O–H groups in total. The van der Waals surface area contributed by atoms with E-state index in [0.29, 0.717) is 36.3 Å². The molecule has 0 radical (unpaired) electrons. The maximum atomic E-state index is 14.0. The highest BCUT2D eigenvalue weighted by atomic mass is 31.2. The third kappa shape index (κ3) is 18.8. The second-order valence-corrected chi connectivity index (χ2v) is 16.0. The van der Waals surface area contributed by atoms with Gasteiger partial charge in [-0.05, 0) is 48.7 Å². The number of ether oxygens (including phenoxy) is 2. The highest BCUT2D eigenvalue weighted by molar-refractivity contribution is 7.40. The molecule has 5 unspecified atom stereocenters. The third-order valence-corrected chi connectivity index (χ3v) is 11.2. The van der Waals surface area contributed by atoms with Crippen LogP contribution in [0.4, 0.5) is 10.2 Å². The summed E-state index contributed by atoms with van der Waals surface area (Å²) in [4.78, 5) is 14.6. The number of aliphatic hydroxyl groups is 1. The van der Waals surface area contributed by atoms with E-state index in [4.69, 9.17) is 24.3 Å². The number of aliphatic hydroxyl groups excluding tert-OH is 1. The number of nitrogens with zero attached hydrogens (tertiary/aromatic N) is 4. The Morgan fingerprint density at radius 2 is 1.54 bits per heavy atom. The average Bonchev–Trinajstić information content (AvgIpc) is 3.82. The first-order valence-corrected chi connectivity index (χ1v) is 23.0. The zero-order valence-electron chi connectivity index (χ0n) is 35.0. The van der Waals surface area contributed by atoms with Gasteiger partial charge in [0.15, 0.2) is 5.82 Å². The van der Waals surface area contributed by atoms with Gasteiger partial charge >= 0.3 is 8.60 Å². The number of fused-ring (bicyclic) bond motifs is 1. The molecule has 5 atom stereocenters. The number of hydrogen-bond donors (Lipinski definition) is 3. The van der Waals surface area contributed by atoms with Gasteiger partial charge in [0.2, 0.25) is 0 Å². The number of halogens is 1. The predicted octanol–water partition coefficient (Wildman–Crippen LogP) is 10.9. The van der Waals surface area contributed by atoms with Gasteiger partial charge in [0.05, 0.1) is 49.4 Å². The Kier molecular flexibility index (Phi) is 25.1. The minimum absolute atomic E-state index is 0.0497. The van der Waals surface area contributed by atoms with E-state index in [1.807, 2.05) is 32.0 Å². The van der Waals surface area contributed by atoms with E-state index < -0.39 is 32.7 Å². The average molecular weight is 816 g/mol. The lowest BCUT2D eigenvalue weighted by Crippen LogP contribution is -2.26. The van der Waals surface area contributed by atoms with Crippen LogP contribution in [0.1, 0.15) is 172 Å². The Morgan fingerprint density at radius 1 is 0.930 bits per heavy atom. The van der Waals surface area contributed by atoms with E-state index in [9.17, 15) is 19.7 Å². The summed E-state index contributed by atoms with van der Waals surface area (Å²) in [6.45, 7) is 6.67. The SMILES string of the molecule is CC.CCCCCCCCCCCCCCCCCCCCC(COP(O)OCC1OC(c2ccc3c(N)ncnn23)CC1O)OCCc1cc(F)cc(C#N)c1. The number of benzene rings is 1. The molecule has 1 saturated heterocycles. The topological polar surface area (TPSA) is 157 Å². The Balaban J connectivity index is 0.00000428. The van der Waals surface area contributed by atoms with Gasteiger partial charge < -0.3 is 34.3 Å². The van der Waals surface area contributed by atoms with Gasteiger partial charge in [-0.2, -0.15) is 10.4 Å². The van der Waals surface area contributed by atoms with Crippen LogP contribution >= 0.6 is 8.60 Å². The van der Waals surface area contributed by atoms with Gasteiger partial charge in [-0.1, -0.05) is 136 Å². The molecule has 0 aliphatic carbocycles. The largest absolute Gasteiger partial charge is 0.390 e. The van der Waals surface area contributed by atoms with Crippen molar-refractivity contribution < 1.29 is 32.9 Å². The minimum atomic E-state index is -2.25. The summed E-state index contributed by atoms with van der Waals surface area (Å²) < 4.78 is 39.2. The number of hydrogen-bond acceptors (Lipinski definition) is 10. The van der Waals surface area contributed by atoms with E-state index in [1.165, 1.54) is 121 Å². The van der Waals surface area contributed by atoms with Gasteiger partial charge in [0, 0.05) is 6.42 Å². The maximum Gasteiger partial charge on any atom is 0.330 e. The van der Waals surface area contributed by atoms with Crippen molar-refractivity contribution in [2.24, 2.45) is 0 Å². The standard InChI is InChI=1S/C42H65FN5O6P.C2H6/c1-2-3-4-5-6-7-8-9-10-11-12-13-14-15-16-17-18-19-20-36(51-24-23-33-25-34(29-44)27-35(43)26-33)30-52-55(50)53-31-41-39(49)28-40(54-41)37-21-22-38-42(45)46-32-47-48(37)38;1-2/h21-22,25-27,32,36,39-41,49-50H,2-20,23-24,28,30-31H2,1H3,(H2,45,46,47);1-2H3. The number of aromatic nitrogens is 3. The normalized spacial score (nSPS) is 17.7. The molecule has 3 heterocycles. The number of nitrogen functional groups attached to an aromatic ring is 1. The summed E-state index contributed by atoms with van der Waals surface area (Å²) in [5.74, 6) is -0.0913. The van der Waals surface area contributed by atoms with Crippen LogP contribution in [0.25, 0.3) is 5.52 Å². The van der Waals surface area contributed by atoms with Gasteiger partial charge in [0.1, 0.15) is 29.9 Å². The van der Waals surface area contributed by atoms with E-state index in [0.717, 1.165) is 25.0 Å². The molecule has 0 bridgehead atoms. The van der Waals surface area contributed by atoms with Crippen LogP contribution in [0.5, 0.6) is 0 Å². The molecule has 2 aromatic heterocycles. The van der Waals surface area contributed by atoms with Crippen molar-refractivity contribution in [2.75, 3.05) is 25.6 Å². The zero-order chi connectivity index (χ0) is 41.1. The fourth-order valence-corrected chi connectivity index (χ4v) is 7.94. The number of nitriles is 1. The van der Waals surface area contributed by atoms with Crippen LogP contribution < -0.4 is 5.73 Å². The first-order chi connectivity index (χ1) is 27.9. The van der Waals surface area contributed by atoms with Gasteiger partial charge in [0.25, 0.3) is 0 Å². The molecule has 0 spiro atoms. The molecule has 1 aromatic carbocycles. The lowest BCUT2D eigenvalue weighted by molar-refractivity contribution is -0.0257. The molecule has 0 saturated carbocycles. The van der Waals surface area contributed by atoms with Crippen molar-refractivity contribution in [1.82, 2.24) is 14.6 Å². The summed E-state index contributed by atoms with van der Waals surface area (Å²) in [5.41, 5.74) is 8.33. The van der Waals surface area contributed by atoms with E-state index in [2.05, 4.69) is 17.0 Å². The highest BCUT2D eigenvalue weighted by Gasteiger charge is 2.37.